The highest BCUT2D eigenvalue weighted by atomic mass is 16.2. The first-order chi connectivity index (χ1) is 12.1. The summed E-state index contributed by atoms with van der Waals surface area (Å²) in [6, 6.07) is 11.3. The molecule has 6 nitrogen and oxygen atoms in total. The first-order valence-electron chi connectivity index (χ1n) is 8.72. The van der Waals surface area contributed by atoms with E-state index < -0.39 is 0 Å². The number of piperidine rings is 1. The maximum absolute atomic E-state index is 12.8. The summed E-state index contributed by atoms with van der Waals surface area (Å²) < 4.78 is 0. The zero-order valence-electron chi connectivity index (χ0n) is 14.4. The van der Waals surface area contributed by atoms with Gasteiger partial charge in [-0.3, -0.25) is 14.7 Å². The molecule has 0 bridgehead atoms. The van der Waals surface area contributed by atoms with Gasteiger partial charge in [0.2, 0.25) is 11.8 Å². The molecule has 1 aromatic carbocycles. The number of aromatic nitrogens is 2. The number of rotatable bonds is 5. The van der Waals surface area contributed by atoms with Crippen LogP contribution in [0.3, 0.4) is 0 Å². The number of aromatic amines is 1. The zero-order chi connectivity index (χ0) is 17.6. The second-order valence-electron chi connectivity index (χ2n) is 6.56. The molecule has 1 aliphatic rings. The van der Waals surface area contributed by atoms with Gasteiger partial charge in [0, 0.05) is 37.8 Å². The Bertz CT molecular complexity index is 699. The molecule has 1 fully saturated rings. The van der Waals surface area contributed by atoms with Crippen LogP contribution in [-0.4, -0.2) is 40.0 Å². The van der Waals surface area contributed by atoms with Gasteiger partial charge < -0.3 is 10.2 Å². The molecule has 2 atom stereocenters. The van der Waals surface area contributed by atoms with E-state index in [-0.39, 0.29) is 24.3 Å². The van der Waals surface area contributed by atoms with E-state index in [2.05, 4.69) is 15.5 Å². The lowest BCUT2D eigenvalue weighted by molar-refractivity contribution is -0.133. The summed E-state index contributed by atoms with van der Waals surface area (Å²) in [5.41, 5.74) is 2.03. The number of amides is 2. The van der Waals surface area contributed by atoms with Gasteiger partial charge in [-0.05, 0) is 24.5 Å². The summed E-state index contributed by atoms with van der Waals surface area (Å²) >= 11 is 0. The van der Waals surface area contributed by atoms with E-state index in [0.29, 0.717) is 12.5 Å². The highest BCUT2D eigenvalue weighted by Crippen LogP contribution is 2.27. The van der Waals surface area contributed by atoms with Crippen LogP contribution in [0.15, 0.2) is 42.6 Å². The minimum atomic E-state index is -0.293. The summed E-state index contributed by atoms with van der Waals surface area (Å²) in [5, 5.41) is 9.93. The molecular weight excluding hydrogens is 316 g/mol. The van der Waals surface area contributed by atoms with E-state index in [1.165, 1.54) is 6.92 Å². The first-order valence-corrected chi connectivity index (χ1v) is 8.72. The van der Waals surface area contributed by atoms with Crippen LogP contribution in [0.5, 0.6) is 0 Å². The molecule has 1 aliphatic heterocycles. The molecule has 132 valence electrons. The Hall–Kier alpha value is -2.63. The summed E-state index contributed by atoms with van der Waals surface area (Å²) in [5.74, 6) is 0.249. The van der Waals surface area contributed by atoms with Gasteiger partial charge >= 0.3 is 0 Å². The van der Waals surface area contributed by atoms with Crippen molar-refractivity contribution >= 4 is 11.8 Å². The smallest absolute Gasteiger partial charge is 0.225 e. The van der Waals surface area contributed by atoms with E-state index in [9.17, 15) is 9.59 Å². The van der Waals surface area contributed by atoms with E-state index >= 15 is 0 Å². The Morgan fingerprint density at radius 3 is 2.80 bits per heavy atom. The third kappa shape index (κ3) is 4.47. The Balaban J connectivity index is 1.67. The average molecular weight is 340 g/mol. The first kappa shape index (κ1) is 17.2. The fraction of sp³-hybridized carbons (Fsp3) is 0.421. The number of likely N-dealkylation sites (tertiary alicyclic amines) is 1. The minimum absolute atomic E-state index is 0.0758. The quantitative estimate of drug-likeness (QED) is 0.877. The van der Waals surface area contributed by atoms with Gasteiger partial charge in [0.15, 0.2) is 0 Å². The van der Waals surface area contributed by atoms with Gasteiger partial charge in [-0.25, -0.2) is 0 Å². The lowest BCUT2D eigenvalue weighted by atomic mass is 9.94. The van der Waals surface area contributed by atoms with Crippen LogP contribution in [-0.2, 0) is 9.59 Å². The minimum Gasteiger partial charge on any atom is -0.349 e. The molecule has 6 heteroatoms. The maximum Gasteiger partial charge on any atom is 0.225 e. The molecular formula is C19H24N4O2. The maximum atomic E-state index is 12.8. The second kappa shape index (κ2) is 7.96. The van der Waals surface area contributed by atoms with Crippen LogP contribution in [0.1, 0.15) is 49.4 Å². The van der Waals surface area contributed by atoms with Crippen molar-refractivity contribution in [2.75, 3.05) is 13.1 Å². The number of carbonyl (C=O) groups excluding carboxylic acids is 2. The summed E-state index contributed by atoms with van der Waals surface area (Å²) in [6.07, 6.45) is 4.06. The monoisotopic (exact) mass is 340 g/mol. The summed E-state index contributed by atoms with van der Waals surface area (Å²) in [6.45, 7) is 2.95. The predicted octanol–water partition coefficient (Wildman–Crippen LogP) is 2.38. The lowest BCUT2D eigenvalue weighted by Crippen LogP contribution is -2.41. The number of hydrogen-bond acceptors (Lipinski definition) is 3. The molecule has 0 saturated carbocycles. The number of nitrogens with one attached hydrogen (secondary N) is 2. The fourth-order valence-corrected chi connectivity index (χ4v) is 3.44. The highest BCUT2D eigenvalue weighted by molar-refractivity contribution is 5.79. The van der Waals surface area contributed by atoms with Crippen molar-refractivity contribution in [1.29, 1.82) is 0 Å². The number of benzene rings is 1. The molecule has 2 amide bonds. The SMILES string of the molecule is CC(=O)N[C@H](CC(=O)N1CCC[C@H](c2ccn[nH]2)C1)c1ccccc1. The van der Waals surface area contributed by atoms with Crippen molar-refractivity contribution in [3.63, 3.8) is 0 Å². The van der Waals surface area contributed by atoms with Crippen molar-refractivity contribution in [3.05, 3.63) is 53.9 Å². The number of nitrogens with zero attached hydrogens (tertiary/aromatic N) is 2. The second-order valence-corrected chi connectivity index (χ2v) is 6.56. The third-order valence-corrected chi connectivity index (χ3v) is 4.69. The predicted molar refractivity (Wildman–Crippen MR) is 94.8 cm³/mol. The van der Waals surface area contributed by atoms with Crippen LogP contribution in [0.2, 0.25) is 0 Å². The normalized spacial score (nSPS) is 18.6. The molecule has 0 spiro atoms. The van der Waals surface area contributed by atoms with Gasteiger partial charge in [-0.15, -0.1) is 0 Å². The highest BCUT2D eigenvalue weighted by Gasteiger charge is 2.27. The Morgan fingerprint density at radius 2 is 2.12 bits per heavy atom. The number of H-pyrrole nitrogens is 1. The molecule has 3 rings (SSSR count). The van der Waals surface area contributed by atoms with Crippen LogP contribution in [0.25, 0.3) is 0 Å². The van der Waals surface area contributed by atoms with Crippen molar-refractivity contribution in [2.24, 2.45) is 0 Å². The van der Waals surface area contributed by atoms with Crippen LogP contribution < -0.4 is 5.32 Å². The summed E-state index contributed by atoms with van der Waals surface area (Å²) in [4.78, 5) is 26.3. The van der Waals surface area contributed by atoms with Gasteiger partial charge in [0.25, 0.3) is 0 Å². The van der Waals surface area contributed by atoms with E-state index in [1.54, 1.807) is 6.20 Å². The third-order valence-electron chi connectivity index (χ3n) is 4.69. The molecule has 25 heavy (non-hydrogen) atoms. The molecule has 0 unspecified atom stereocenters. The number of hydrogen-bond donors (Lipinski definition) is 2. The number of carbonyl (C=O) groups is 2. The van der Waals surface area contributed by atoms with Crippen LogP contribution >= 0.6 is 0 Å². The molecule has 1 saturated heterocycles. The van der Waals surface area contributed by atoms with Gasteiger partial charge in [-0.1, -0.05) is 30.3 Å². The van der Waals surface area contributed by atoms with Crippen molar-refractivity contribution < 1.29 is 9.59 Å². The molecule has 2 heterocycles. The van der Waals surface area contributed by atoms with E-state index in [4.69, 9.17) is 0 Å². The van der Waals surface area contributed by atoms with Crippen molar-refractivity contribution in [3.8, 4) is 0 Å². The molecule has 2 N–H and O–H groups in total. The Kier molecular flexibility index (Phi) is 5.48. The fourth-order valence-electron chi connectivity index (χ4n) is 3.44. The van der Waals surface area contributed by atoms with Crippen molar-refractivity contribution in [2.45, 2.75) is 38.1 Å². The Labute approximate surface area is 147 Å². The lowest BCUT2D eigenvalue weighted by Gasteiger charge is -2.33. The standard InChI is InChI=1S/C19H24N4O2/c1-14(24)21-18(15-6-3-2-4-7-15)12-19(25)23-11-5-8-16(13-23)17-9-10-20-22-17/h2-4,6-7,9-10,16,18H,5,8,11-13H2,1H3,(H,20,22)(H,21,24)/t16-,18+/m0/s1. The van der Waals surface area contributed by atoms with Gasteiger partial charge in [-0.2, -0.15) is 5.10 Å². The van der Waals surface area contributed by atoms with E-state index in [0.717, 1.165) is 30.6 Å². The van der Waals surface area contributed by atoms with Crippen LogP contribution in [0, 0.1) is 0 Å². The topological polar surface area (TPSA) is 78.1 Å². The van der Waals surface area contributed by atoms with Crippen molar-refractivity contribution in [1.82, 2.24) is 20.4 Å². The summed E-state index contributed by atoms with van der Waals surface area (Å²) in [7, 11) is 0. The Morgan fingerprint density at radius 1 is 1.32 bits per heavy atom. The van der Waals surface area contributed by atoms with Gasteiger partial charge in [0.05, 0.1) is 12.5 Å². The van der Waals surface area contributed by atoms with Crippen LogP contribution in [0.4, 0.5) is 0 Å². The molecule has 0 aliphatic carbocycles. The molecule has 0 radical (unpaired) electrons. The largest absolute Gasteiger partial charge is 0.349 e. The average Bonchev–Trinajstić information content (AvgIpc) is 3.16. The molecule has 2 aromatic rings. The zero-order valence-corrected chi connectivity index (χ0v) is 14.4. The van der Waals surface area contributed by atoms with Gasteiger partial charge in [0.1, 0.15) is 0 Å². The molecule has 1 aromatic heterocycles. The van der Waals surface area contributed by atoms with E-state index in [1.807, 2.05) is 41.3 Å².